The van der Waals surface area contributed by atoms with Gasteiger partial charge in [0.05, 0.1) is 5.69 Å². The molecule has 2 aromatic carbocycles. The Morgan fingerprint density at radius 1 is 1.09 bits per heavy atom. The third-order valence-electron chi connectivity index (χ3n) is 4.37. The molecule has 1 unspecified atom stereocenters. The Morgan fingerprint density at radius 3 is 2.57 bits per heavy atom. The minimum atomic E-state index is -1.36. The van der Waals surface area contributed by atoms with E-state index in [1.54, 1.807) is 48.5 Å². The quantitative estimate of drug-likeness (QED) is 0.781. The molecule has 0 saturated heterocycles. The molecule has 23 heavy (non-hydrogen) atoms. The van der Waals surface area contributed by atoms with E-state index in [-0.39, 0.29) is 12.2 Å². The molecule has 2 aliphatic heterocycles. The van der Waals surface area contributed by atoms with Gasteiger partial charge in [-0.3, -0.25) is 9.59 Å². The summed E-state index contributed by atoms with van der Waals surface area (Å²) in [4.78, 5) is 37.6. The fourth-order valence-corrected chi connectivity index (χ4v) is 3.37. The smallest absolute Gasteiger partial charge is 0.418 e. The summed E-state index contributed by atoms with van der Waals surface area (Å²) in [6.45, 7) is 0. The largest absolute Gasteiger partial charge is 0.464 e. The second kappa shape index (κ2) is 4.42. The van der Waals surface area contributed by atoms with Crippen molar-refractivity contribution in [3.63, 3.8) is 0 Å². The molecule has 0 aliphatic carbocycles. The molecule has 1 atom stereocenters. The molecular formula is C17H12N2O4. The molecule has 0 radical (unpaired) electrons. The molecule has 6 nitrogen and oxygen atoms in total. The number of benzene rings is 2. The number of carbonyl (C=O) groups excluding carboxylic acids is 2. The van der Waals surface area contributed by atoms with Crippen molar-refractivity contribution >= 4 is 29.2 Å². The van der Waals surface area contributed by atoms with Crippen LogP contribution in [0.1, 0.15) is 22.3 Å². The van der Waals surface area contributed by atoms with E-state index in [0.717, 1.165) is 0 Å². The third-order valence-corrected chi connectivity index (χ3v) is 4.37. The Kier molecular flexibility index (Phi) is 2.60. The Hall–Kier alpha value is -3.15. The molecule has 0 aromatic heterocycles. The summed E-state index contributed by atoms with van der Waals surface area (Å²) in [5.41, 5.74) is 0.497. The average Bonchev–Trinajstić information content (AvgIpc) is 2.77. The molecule has 0 fully saturated rings. The number of carboxylic acid groups (broad SMARTS) is 1. The van der Waals surface area contributed by atoms with Gasteiger partial charge in [0.25, 0.3) is 5.91 Å². The number of ketones is 1. The summed E-state index contributed by atoms with van der Waals surface area (Å²) >= 11 is 0. The van der Waals surface area contributed by atoms with E-state index < -0.39 is 17.5 Å². The van der Waals surface area contributed by atoms with Gasteiger partial charge in [-0.15, -0.1) is 0 Å². The highest BCUT2D eigenvalue weighted by Crippen LogP contribution is 2.47. The molecule has 2 N–H and O–H groups in total. The topological polar surface area (TPSA) is 86.7 Å². The zero-order chi connectivity index (χ0) is 16.2. The van der Waals surface area contributed by atoms with Crippen LogP contribution >= 0.6 is 0 Å². The van der Waals surface area contributed by atoms with E-state index in [0.29, 0.717) is 27.4 Å². The van der Waals surface area contributed by atoms with Gasteiger partial charge in [0.15, 0.2) is 11.3 Å². The SMILES string of the molecule is O=C1CC2(Nc3ccccc31)C(=O)N(C(=O)O)c1ccccc12. The number of hydrogen-bond acceptors (Lipinski definition) is 4. The molecular weight excluding hydrogens is 296 g/mol. The first kappa shape index (κ1) is 13.5. The van der Waals surface area contributed by atoms with Gasteiger partial charge in [-0.05, 0) is 18.2 Å². The van der Waals surface area contributed by atoms with Crippen LogP contribution in [0.15, 0.2) is 48.5 Å². The monoisotopic (exact) mass is 308 g/mol. The van der Waals surface area contributed by atoms with E-state index in [4.69, 9.17) is 0 Å². The molecule has 114 valence electrons. The fourth-order valence-electron chi connectivity index (χ4n) is 3.37. The molecule has 2 amide bonds. The number of rotatable bonds is 0. The first-order chi connectivity index (χ1) is 11.0. The number of carbonyl (C=O) groups is 3. The molecule has 6 heteroatoms. The lowest BCUT2D eigenvalue weighted by Crippen LogP contribution is -2.50. The number of fused-ring (bicyclic) bond motifs is 3. The zero-order valence-electron chi connectivity index (χ0n) is 11.9. The fraction of sp³-hybridized carbons (Fsp3) is 0.118. The van der Waals surface area contributed by atoms with Crippen LogP contribution < -0.4 is 10.2 Å². The van der Waals surface area contributed by atoms with Gasteiger partial charge in [-0.1, -0.05) is 30.3 Å². The third kappa shape index (κ3) is 1.66. The normalized spacial score (nSPS) is 21.8. The standard InChI is InChI=1S/C17H12N2O4/c20-14-9-17(18-12-7-3-1-5-10(12)14)11-6-2-4-8-13(11)19(15(17)21)16(22)23/h1-8,18H,9H2,(H,22,23). The Balaban J connectivity index is 1.94. The van der Waals surface area contributed by atoms with Gasteiger partial charge in [0.1, 0.15) is 0 Å². The number of nitrogens with one attached hydrogen (secondary N) is 1. The number of Topliss-reactive ketones (excluding diaryl/α,β-unsaturated/α-hetero) is 1. The van der Waals surface area contributed by atoms with Gasteiger partial charge < -0.3 is 10.4 Å². The maximum Gasteiger partial charge on any atom is 0.418 e. The molecule has 0 saturated carbocycles. The first-order valence-electron chi connectivity index (χ1n) is 7.12. The maximum atomic E-state index is 12.9. The van der Waals surface area contributed by atoms with Crippen molar-refractivity contribution in [1.82, 2.24) is 0 Å². The molecule has 2 heterocycles. The highest BCUT2D eigenvalue weighted by Gasteiger charge is 2.56. The van der Waals surface area contributed by atoms with Crippen LogP contribution in [0.3, 0.4) is 0 Å². The summed E-state index contributed by atoms with van der Waals surface area (Å²) in [5, 5.41) is 12.5. The van der Waals surface area contributed by atoms with Crippen molar-refractivity contribution in [2.24, 2.45) is 0 Å². The molecule has 1 spiro atoms. The van der Waals surface area contributed by atoms with Crippen molar-refractivity contribution in [2.45, 2.75) is 12.0 Å². The summed E-state index contributed by atoms with van der Waals surface area (Å²) in [6.07, 6.45) is -1.46. The minimum Gasteiger partial charge on any atom is -0.464 e. The Morgan fingerprint density at radius 2 is 1.78 bits per heavy atom. The van der Waals surface area contributed by atoms with Crippen LogP contribution in [0.5, 0.6) is 0 Å². The van der Waals surface area contributed by atoms with Crippen LogP contribution in [0.2, 0.25) is 0 Å². The number of amides is 2. The predicted octanol–water partition coefficient (Wildman–Crippen LogP) is 2.61. The van der Waals surface area contributed by atoms with E-state index >= 15 is 0 Å². The summed E-state index contributed by atoms with van der Waals surface area (Å²) < 4.78 is 0. The van der Waals surface area contributed by atoms with E-state index in [9.17, 15) is 19.5 Å². The van der Waals surface area contributed by atoms with Crippen molar-refractivity contribution in [3.05, 3.63) is 59.7 Å². The van der Waals surface area contributed by atoms with Crippen LogP contribution in [0, 0.1) is 0 Å². The van der Waals surface area contributed by atoms with Crippen LogP contribution in [-0.2, 0) is 10.3 Å². The number of imide groups is 1. The molecule has 2 aliphatic rings. The molecule has 4 rings (SSSR count). The zero-order valence-corrected chi connectivity index (χ0v) is 11.9. The van der Waals surface area contributed by atoms with Crippen molar-refractivity contribution in [2.75, 3.05) is 10.2 Å². The van der Waals surface area contributed by atoms with Crippen molar-refractivity contribution in [1.29, 1.82) is 0 Å². The minimum absolute atomic E-state index is 0.108. The number of anilines is 2. The van der Waals surface area contributed by atoms with Gasteiger partial charge in [-0.2, -0.15) is 0 Å². The predicted molar refractivity (Wildman–Crippen MR) is 82.6 cm³/mol. The van der Waals surface area contributed by atoms with Crippen LogP contribution in [0.25, 0.3) is 0 Å². The summed E-state index contributed by atoms with van der Waals surface area (Å²) in [6, 6.07) is 13.6. The maximum absolute atomic E-state index is 12.9. The van der Waals surface area contributed by atoms with Gasteiger partial charge in [0, 0.05) is 23.2 Å². The highest BCUT2D eigenvalue weighted by molar-refractivity contribution is 6.24. The second-order valence-corrected chi connectivity index (χ2v) is 5.62. The lowest BCUT2D eigenvalue weighted by Gasteiger charge is -2.34. The first-order valence-corrected chi connectivity index (χ1v) is 7.12. The number of hydrogen-bond donors (Lipinski definition) is 2. The average molecular weight is 308 g/mol. The van der Waals surface area contributed by atoms with Crippen molar-refractivity contribution in [3.8, 4) is 0 Å². The molecule has 0 bridgehead atoms. The van der Waals surface area contributed by atoms with Crippen LogP contribution in [-0.4, -0.2) is 22.9 Å². The second-order valence-electron chi connectivity index (χ2n) is 5.62. The van der Waals surface area contributed by atoms with Gasteiger partial charge in [0.2, 0.25) is 0 Å². The van der Waals surface area contributed by atoms with E-state index in [1.807, 2.05) is 0 Å². The molecule has 2 aromatic rings. The van der Waals surface area contributed by atoms with E-state index in [1.165, 1.54) is 0 Å². The number of para-hydroxylation sites is 2. The summed E-state index contributed by atoms with van der Waals surface area (Å²) in [5.74, 6) is -0.830. The number of nitrogens with zero attached hydrogens (tertiary/aromatic N) is 1. The summed E-state index contributed by atoms with van der Waals surface area (Å²) in [7, 11) is 0. The highest BCUT2D eigenvalue weighted by atomic mass is 16.4. The lowest BCUT2D eigenvalue weighted by molar-refractivity contribution is -0.121. The Labute approximate surface area is 131 Å². The Bertz CT molecular complexity index is 876. The van der Waals surface area contributed by atoms with Gasteiger partial charge >= 0.3 is 6.09 Å². The van der Waals surface area contributed by atoms with E-state index in [2.05, 4.69) is 5.32 Å². The van der Waals surface area contributed by atoms with Crippen LogP contribution in [0.4, 0.5) is 16.2 Å². The van der Waals surface area contributed by atoms with Crippen molar-refractivity contribution < 1.29 is 19.5 Å². The van der Waals surface area contributed by atoms with Gasteiger partial charge in [-0.25, -0.2) is 9.69 Å². The lowest BCUT2D eigenvalue weighted by atomic mass is 9.81.